The van der Waals surface area contributed by atoms with Gasteiger partial charge < -0.3 is 5.73 Å². The molecule has 0 fully saturated rings. The molecule has 0 aliphatic carbocycles. The number of nitrogens with zero attached hydrogens (tertiary/aromatic N) is 2. The molecule has 0 atom stereocenters. The molecule has 0 saturated carbocycles. The number of fused-ring (bicyclic) bond motifs is 1. The molecular formula is C11H12FN3. The van der Waals surface area contributed by atoms with Crippen LogP contribution < -0.4 is 5.73 Å². The molecule has 2 rings (SSSR count). The fourth-order valence-corrected chi connectivity index (χ4v) is 1.46. The van der Waals surface area contributed by atoms with E-state index in [1.54, 1.807) is 0 Å². The molecule has 0 saturated heterocycles. The maximum atomic E-state index is 13.6. The first-order chi connectivity index (χ1) is 7.08. The van der Waals surface area contributed by atoms with E-state index in [9.17, 15) is 4.39 Å². The minimum Gasteiger partial charge on any atom is -0.368 e. The van der Waals surface area contributed by atoms with E-state index < -0.39 is 0 Å². The molecule has 0 aliphatic heterocycles. The molecule has 1 aromatic heterocycles. The van der Waals surface area contributed by atoms with Gasteiger partial charge in [0, 0.05) is 6.20 Å². The van der Waals surface area contributed by atoms with Crippen molar-refractivity contribution < 1.29 is 4.39 Å². The van der Waals surface area contributed by atoms with Gasteiger partial charge in [0.25, 0.3) is 0 Å². The Balaban J connectivity index is 2.74. The van der Waals surface area contributed by atoms with E-state index in [2.05, 4.69) is 9.97 Å². The average Bonchev–Trinajstić information content (AvgIpc) is 2.16. The lowest BCUT2D eigenvalue weighted by Gasteiger charge is -2.07. The fourth-order valence-electron chi connectivity index (χ4n) is 1.46. The SMILES string of the molecule is CC(C)c1cc(F)c2cnc(N)nc2c1. The Morgan fingerprint density at radius 3 is 2.73 bits per heavy atom. The molecule has 0 spiro atoms. The van der Waals surface area contributed by atoms with Gasteiger partial charge in [-0.1, -0.05) is 13.8 Å². The van der Waals surface area contributed by atoms with E-state index in [0.717, 1.165) is 5.56 Å². The van der Waals surface area contributed by atoms with Gasteiger partial charge in [-0.05, 0) is 23.6 Å². The number of hydrogen-bond donors (Lipinski definition) is 1. The minimum absolute atomic E-state index is 0.169. The van der Waals surface area contributed by atoms with Crippen LogP contribution in [0.5, 0.6) is 0 Å². The van der Waals surface area contributed by atoms with Crippen molar-refractivity contribution in [1.29, 1.82) is 0 Å². The van der Waals surface area contributed by atoms with Crippen molar-refractivity contribution in [2.45, 2.75) is 19.8 Å². The van der Waals surface area contributed by atoms with E-state index in [1.807, 2.05) is 19.9 Å². The number of aromatic nitrogens is 2. The van der Waals surface area contributed by atoms with E-state index in [1.165, 1.54) is 12.3 Å². The van der Waals surface area contributed by atoms with E-state index >= 15 is 0 Å². The van der Waals surface area contributed by atoms with Crippen LogP contribution in [0, 0.1) is 5.82 Å². The van der Waals surface area contributed by atoms with Crippen molar-refractivity contribution in [1.82, 2.24) is 9.97 Å². The second kappa shape index (κ2) is 3.46. The molecule has 1 heterocycles. The summed E-state index contributed by atoms with van der Waals surface area (Å²) in [6.45, 7) is 4.01. The quantitative estimate of drug-likeness (QED) is 0.778. The summed E-state index contributed by atoms with van der Waals surface area (Å²) >= 11 is 0. The Morgan fingerprint density at radius 2 is 2.07 bits per heavy atom. The summed E-state index contributed by atoms with van der Waals surface area (Å²) in [5.74, 6) is 0.138. The van der Waals surface area contributed by atoms with Crippen LogP contribution in [0.15, 0.2) is 18.3 Å². The minimum atomic E-state index is -0.295. The molecule has 0 bridgehead atoms. The lowest BCUT2D eigenvalue weighted by atomic mass is 10.0. The first-order valence-electron chi connectivity index (χ1n) is 4.79. The van der Waals surface area contributed by atoms with Crippen LogP contribution in [0.3, 0.4) is 0 Å². The molecule has 3 nitrogen and oxygen atoms in total. The number of anilines is 1. The molecule has 0 radical (unpaired) electrons. The summed E-state index contributed by atoms with van der Waals surface area (Å²) in [7, 11) is 0. The zero-order valence-electron chi connectivity index (χ0n) is 8.66. The van der Waals surface area contributed by atoms with Gasteiger partial charge in [-0.25, -0.2) is 14.4 Å². The van der Waals surface area contributed by atoms with Gasteiger partial charge in [-0.15, -0.1) is 0 Å². The van der Waals surface area contributed by atoms with Crippen molar-refractivity contribution in [3.05, 3.63) is 29.7 Å². The summed E-state index contributed by atoms with van der Waals surface area (Å²) in [5, 5.41) is 0.411. The molecule has 0 unspecified atom stereocenters. The Labute approximate surface area is 87.2 Å². The predicted octanol–water partition coefficient (Wildman–Crippen LogP) is 2.47. The third-order valence-electron chi connectivity index (χ3n) is 2.36. The summed E-state index contributed by atoms with van der Waals surface area (Å²) in [4.78, 5) is 7.78. The number of nitrogens with two attached hydrogens (primary N) is 1. The highest BCUT2D eigenvalue weighted by Crippen LogP contribution is 2.22. The van der Waals surface area contributed by atoms with Crippen LogP contribution >= 0.6 is 0 Å². The maximum absolute atomic E-state index is 13.6. The van der Waals surface area contributed by atoms with Gasteiger partial charge >= 0.3 is 0 Å². The standard InChI is InChI=1S/C11H12FN3/c1-6(2)7-3-9(12)8-5-14-11(13)15-10(8)4-7/h3-6H,1-2H3,(H2,13,14,15). The average molecular weight is 205 g/mol. The number of halogens is 1. The number of hydrogen-bond acceptors (Lipinski definition) is 3. The first-order valence-corrected chi connectivity index (χ1v) is 4.79. The zero-order chi connectivity index (χ0) is 11.0. The highest BCUT2D eigenvalue weighted by atomic mass is 19.1. The number of nitrogen functional groups attached to an aromatic ring is 1. The van der Waals surface area contributed by atoms with Crippen molar-refractivity contribution >= 4 is 16.9 Å². The van der Waals surface area contributed by atoms with E-state index in [0.29, 0.717) is 10.9 Å². The second-order valence-corrected chi connectivity index (χ2v) is 3.82. The second-order valence-electron chi connectivity index (χ2n) is 3.82. The van der Waals surface area contributed by atoms with E-state index in [-0.39, 0.29) is 17.7 Å². The highest BCUT2D eigenvalue weighted by molar-refractivity contribution is 5.80. The van der Waals surface area contributed by atoms with Gasteiger partial charge in [0.05, 0.1) is 10.9 Å². The van der Waals surface area contributed by atoms with Gasteiger partial charge in [0.15, 0.2) is 0 Å². The summed E-state index contributed by atoms with van der Waals surface area (Å²) in [6.07, 6.45) is 1.41. The van der Waals surface area contributed by atoms with Crippen LogP contribution in [-0.2, 0) is 0 Å². The Hall–Kier alpha value is -1.71. The van der Waals surface area contributed by atoms with Gasteiger partial charge in [-0.3, -0.25) is 0 Å². The topological polar surface area (TPSA) is 51.8 Å². The normalized spacial score (nSPS) is 11.2. The van der Waals surface area contributed by atoms with Crippen LogP contribution in [0.2, 0.25) is 0 Å². The van der Waals surface area contributed by atoms with E-state index in [4.69, 9.17) is 5.73 Å². The van der Waals surface area contributed by atoms with Crippen molar-refractivity contribution in [2.75, 3.05) is 5.73 Å². The van der Waals surface area contributed by atoms with Crippen molar-refractivity contribution in [3.8, 4) is 0 Å². The summed E-state index contributed by atoms with van der Waals surface area (Å²) < 4.78 is 13.6. The number of benzene rings is 1. The third kappa shape index (κ3) is 1.75. The Kier molecular flexibility index (Phi) is 2.26. The van der Waals surface area contributed by atoms with Gasteiger partial charge in [-0.2, -0.15) is 0 Å². The first kappa shape index (κ1) is 9.83. The molecule has 4 heteroatoms. The van der Waals surface area contributed by atoms with Crippen LogP contribution in [0.25, 0.3) is 10.9 Å². The smallest absolute Gasteiger partial charge is 0.220 e. The molecule has 2 aromatic rings. The Bertz CT molecular complexity index is 508. The van der Waals surface area contributed by atoms with Gasteiger partial charge in [0.1, 0.15) is 5.82 Å². The molecule has 0 aliphatic rings. The Morgan fingerprint density at radius 1 is 1.33 bits per heavy atom. The predicted molar refractivity (Wildman–Crippen MR) is 58.0 cm³/mol. The summed E-state index contributed by atoms with van der Waals surface area (Å²) in [5.41, 5.74) is 6.93. The maximum Gasteiger partial charge on any atom is 0.220 e. The molecular weight excluding hydrogens is 193 g/mol. The van der Waals surface area contributed by atoms with Crippen molar-refractivity contribution in [3.63, 3.8) is 0 Å². The third-order valence-corrected chi connectivity index (χ3v) is 2.36. The molecule has 2 N–H and O–H groups in total. The van der Waals surface area contributed by atoms with Crippen molar-refractivity contribution in [2.24, 2.45) is 0 Å². The molecule has 1 aromatic carbocycles. The molecule has 0 amide bonds. The monoisotopic (exact) mass is 205 g/mol. The highest BCUT2D eigenvalue weighted by Gasteiger charge is 2.08. The zero-order valence-corrected chi connectivity index (χ0v) is 8.66. The fraction of sp³-hybridized carbons (Fsp3) is 0.273. The molecule has 15 heavy (non-hydrogen) atoms. The molecule has 78 valence electrons. The largest absolute Gasteiger partial charge is 0.368 e. The lowest BCUT2D eigenvalue weighted by Crippen LogP contribution is -1.97. The van der Waals surface area contributed by atoms with Gasteiger partial charge in [0.2, 0.25) is 5.95 Å². The lowest BCUT2D eigenvalue weighted by molar-refractivity contribution is 0.635. The van der Waals surface area contributed by atoms with Crippen LogP contribution in [-0.4, -0.2) is 9.97 Å². The number of rotatable bonds is 1. The summed E-state index contributed by atoms with van der Waals surface area (Å²) in [6, 6.07) is 3.37. The van der Waals surface area contributed by atoms with Crippen LogP contribution in [0.4, 0.5) is 10.3 Å². The van der Waals surface area contributed by atoms with Crippen LogP contribution in [0.1, 0.15) is 25.3 Å².